The van der Waals surface area contributed by atoms with Gasteiger partial charge in [-0.1, -0.05) is 48.5 Å². The summed E-state index contributed by atoms with van der Waals surface area (Å²) in [6, 6.07) is 16.1. The van der Waals surface area contributed by atoms with E-state index in [0.717, 1.165) is 36.8 Å². The molecule has 0 heterocycles. The zero-order valence-electron chi connectivity index (χ0n) is 12.8. The van der Waals surface area contributed by atoms with Crippen LogP contribution in [-0.2, 0) is 24.0 Å². The molecule has 0 saturated carbocycles. The Bertz CT molecular complexity index is 647. The van der Waals surface area contributed by atoms with Gasteiger partial charge in [0.2, 0.25) is 0 Å². The topological polar surface area (TPSA) is 40.5 Å². The van der Waals surface area contributed by atoms with Gasteiger partial charge in [0, 0.05) is 0 Å². The van der Waals surface area contributed by atoms with Crippen molar-refractivity contribution in [3.05, 3.63) is 70.8 Å². The van der Waals surface area contributed by atoms with Crippen LogP contribution in [0, 0.1) is 0 Å². The van der Waals surface area contributed by atoms with Crippen molar-refractivity contribution in [2.75, 3.05) is 0 Å². The number of benzene rings is 2. The molecule has 22 heavy (non-hydrogen) atoms. The third-order valence-corrected chi connectivity index (χ3v) is 5.58. The zero-order chi connectivity index (χ0) is 15.2. The summed E-state index contributed by atoms with van der Waals surface area (Å²) in [5, 5.41) is 23.2. The number of fused-ring (bicyclic) bond motifs is 2. The fourth-order valence-corrected chi connectivity index (χ4v) is 4.48. The molecule has 0 aliphatic heterocycles. The van der Waals surface area contributed by atoms with Crippen molar-refractivity contribution in [2.24, 2.45) is 0 Å². The highest BCUT2D eigenvalue weighted by Crippen LogP contribution is 2.52. The van der Waals surface area contributed by atoms with Crippen LogP contribution in [0.4, 0.5) is 0 Å². The van der Waals surface area contributed by atoms with Gasteiger partial charge in [0.05, 0.1) is 0 Å². The van der Waals surface area contributed by atoms with Crippen molar-refractivity contribution in [3.63, 3.8) is 0 Å². The first-order valence-electron chi connectivity index (χ1n) is 8.27. The summed E-state index contributed by atoms with van der Waals surface area (Å²) in [5.74, 6) is 0. The summed E-state index contributed by atoms with van der Waals surface area (Å²) in [7, 11) is 0. The van der Waals surface area contributed by atoms with Crippen LogP contribution in [0.15, 0.2) is 48.5 Å². The van der Waals surface area contributed by atoms with Gasteiger partial charge >= 0.3 is 0 Å². The average Bonchev–Trinajstić information content (AvgIpc) is 2.56. The van der Waals surface area contributed by atoms with E-state index in [-0.39, 0.29) is 0 Å². The molecule has 2 nitrogen and oxygen atoms in total. The van der Waals surface area contributed by atoms with Crippen molar-refractivity contribution in [3.8, 4) is 0 Å². The van der Waals surface area contributed by atoms with Crippen molar-refractivity contribution in [2.45, 2.75) is 49.7 Å². The second kappa shape index (κ2) is 4.94. The summed E-state index contributed by atoms with van der Waals surface area (Å²) in [6.07, 6.45) is 5.03. The lowest BCUT2D eigenvalue weighted by Crippen LogP contribution is -2.52. The molecule has 2 heteroatoms. The lowest BCUT2D eigenvalue weighted by Gasteiger charge is -2.49. The van der Waals surface area contributed by atoms with E-state index in [1.54, 1.807) is 0 Å². The maximum Gasteiger partial charge on any atom is 0.123 e. The lowest BCUT2D eigenvalue weighted by atomic mass is 9.62. The Morgan fingerprint density at radius 2 is 1.05 bits per heavy atom. The van der Waals surface area contributed by atoms with Gasteiger partial charge < -0.3 is 10.2 Å². The smallest absolute Gasteiger partial charge is 0.123 e. The van der Waals surface area contributed by atoms with Crippen molar-refractivity contribution < 1.29 is 10.2 Å². The first kappa shape index (κ1) is 14.0. The molecular formula is C20H22O2. The second-order valence-corrected chi connectivity index (χ2v) is 6.74. The van der Waals surface area contributed by atoms with E-state index in [1.807, 2.05) is 36.4 Å². The van der Waals surface area contributed by atoms with E-state index < -0.39 is 11.2 Å². The molecule has 0 fully saturated rings. The molecule has 2 aliphatic carbocycles. The predicted molar refractivity (Wildman–Crippen MR) is 86.6 cm³/mol. The first-order chi connectivity index (χ1) is 10.7. The number of hydrogen-bond donors (Lipinski definition) is 2. The number of rotatable bonds is 1. The molecule has 0 bridgehead atoms. The van der Waals surface area contributed by atoms with Crippen LogP contribution in [0.2, 0.25) is 0 Å². The highest BCUT2D eigenvalue weighted by Gasteiger charge is 2.54. The van der Waals surface area contributed by atoms with Gasteiger partial charge in [0.15, 0.2) is 0 Å². The largest absolute Gasteiger partial charge is 0.382 e. The molecule has 2 N–H and O–H groups in total. The molecular weight excluding hydrogens is 272 g/mol. The van der Waals surface area contributed by atoms with Gasteiger partial charge in [-0.3, -0.25) is 0 Å². The van der Waals surface area contributed by atoms with Gasteiger partial charge in [-0.25, -0.2) is 0 Å². The number of aliphatic hydroxyl groups is 2. The average molecular weight is 294 g/mol. The standard InChI is InChI=1S/C20H22O2/c21-19(13-5-9-15-7-1-3-11-17(15)19)20(22)14-6-10-16-8-2-4-12-18(16)20/h1-4,7-8,11-12,21-22H,5-6,9-10,13-14H2. The highest BCUT2D eigenvalue weighted by molar-refractivity contribution is 5.44. The van der Waals surface area contributed by atoms with E-state index in [4.69, 9.17) is 0 Å². The van der Waals surface area contributed by atoms with E-state index in [0.29, 0.717) is 12.8 Å². The second-order valence-electron chi connectivity index (χ2n) is 6.74. The van der Waals surface area contributed by atoms with Crippen LogP contribution in [0.1, 0.15) is 47.9 Å². The molecule has 0 radical (unpaired) electrons. The highest BCUT2D eigenvalue weighted by atomic mass is 16.4. The SMILES string of the molecule is OC1(C2(O)CCCc3ccccc32)CCCc2ccccc21. The molecule has 2 aromatic carbocycles. The van der Waals surface area contributed by atoms with Crippen LogP contribution >= 0.6 is 0 Å². The van der Waals surface area contributed by atoms with Gasteiger partial charge in [-0.15, -0.1) is 0 Å². The van der Waals surface area contributed by atoms with Gasteiger partial charge in [-0.05, 0) is 60.8 Å². The Hall–Kier alpha value is -1.64. The molecule has 2 unspecified atom stereocenters. The molecule has 2 aliphatic rings. The van der Waals surface area contributed by atoms with Crippen molar-refractivity contribution >= 4 is 0 Å². The Kier molecular flexibility index (Phi) is 3.14. The van der Waals surface area contributed by atoms with Crippen LogP contribution in [0.5, 0.6) is 0 Å². The van der Waals surface area contributed by atoms with Crippen molar-refractivity contribution in [1.29, 1.82) is 0 Å². The Balaban J connectivity index is 1.92. The maximum atomic E-state index is 11.6. The minimum absolute atomic E-state index is 0.620. The van der Waals surface area contributed by atoms with Crippen LogP contribution in [0.25, 0.3) is 0 Å². The van der Waals surface area contributed by atoms with Crippen molar-refractivity contribution in [1.82, 2.24) is 0 Å². The van der Waals surface area contributed by atoms with E-state index >= 15 is 0 Å². The van der Waals surface area contributed by atoms with Gasteiger partial charge in [-0.2, -0.15) is 0 Å². The fourth-order valence-electron chi connectivity index (χ4n) is 4.48. The molecule has 4 rings (SSSR count). The molecule has 0 amide bonds. The minimum Gasteiger partial charge on any atom is -0.382 e. The third-order valence-electron chi connectivity index (χ3n) is 5.58. The molecule has 0 spiro atoms. The summed E-state index contributed by atoms with van der Waals surface area (Å²) < 4.78 is 0. The van der Waals surface area contributed by atoms with Gasteiger partial charge in [0.1, 0.15) is 11.2 Å². The van der Waals surface area contributed by atoms with E-state index in [2.05, 4.69) is 12.1 Å². The molecule has 0 saturated heterocycles. The van der Waals surface area contributed by atoms with E-state index in [9.17, 15) is 10.2 Å². The van der Waals surface area contributed by atoms with Gasteiger partial charge in [0.25, 0.3) is 0 Å². The predicted octanol–water partition coefficient (Wildman–Crippen LogP) is 3.43. The Morgan fingerprint density at radius 1 is 0.636 bits per heavy atom. The third kappa shape index (κ3) is 1.81. The maximum absolute atomic E-state index is 11.6. The Labute approximate surface area is 131 Å². The number of hydrogen-bond acceptors (Lipinski definition) is 2. The Morgan fingerprint density at radius 3 is 1.50 bits per heavy atom. The fraction of sp³-hybridized carbons (Fsp3) is 0.400. The van der Waals surface area contributed by atoms with Crippen LogP contribution in [-0.4, -0.2) is 10.2 Å². The molecule has 2 atom stereocenters. The zero-order valence-corrected chi connectivity index (χ0v) is 12.8. The summed E-state index contributed by atoms with van der Waals surface area (Å²) in [6.45, 7) is 0. The molecule has 2 aromatic rings. The van der Waals surface area contributed by atoms with E-state index in [1.165, 1.54) is 11.1 Å². The first-order valence-corrected chi connectivity index (χ1v) is 8.27. The number of aryl methyl sites for hydroxylation is 2. The summed E-state index contributed by atoms with van der Waals surface area (Å²) in [5.41, 5.74) is 1.82. The quantitative estimate of drug-likeness (QED) is 0.846. The van der Waals surface area contributed by atoms with Crippen LogP contribution < -0.4 is 0 Å². The summed E-state index contributed by atoms with van der Waals surface area (Å²) >= 11 is 0. The summed E-state index contributed by atoms with van der Waals surface area (Å²) in [4.78, 5) is 0. The minimum atomic E-state index is -1.18. The monoisotopic (exact) mass is 294 g/mol. The normalized spacial score (nSPS) is 30.5. The molecule has 0 aromatic heterocycles. The molecule has 114 valence electrons. The van der Waals surface area contributed by atoms with Crippen LogP contribution in [0.3, 0.4) is 0 Å². The lowest BCUT2D eigenvalue weighted by molar-refractivity contribution is -0.181.